The Morgan fingerprint density at radius 3 is 2.57 bits per heavy atom. The number of nitrogens with one attached hydrogen (secondary N) is 2. The summed E-state index contributed by atoms with van der Waals surface area (Å²) in [5.41, 5.74) is 5.18. The summed E-state index contributed by atoms with van der Waals surface area (Å²) in [5, 5.41) is 7.03. The third kappa shape index (κ3) is 7.47. The lowest BCUT2D eigenvalue weighted by atomic mass is 10.1. The Balaban J connectivity index is 0.00000320. The van der Waals surface area contributed by atoms with Crippen LogP contribution in [0.3, 0.4) is 0 Å². The van der Waals surface area contributed by atoms with Crippen LogP contribution in [0.1, 0.15) is 30.0 Å². The average molecular weight is 521 g/mol. The Kier molecular flexibility index (Phi) is 9.91. The maximum Gasteiger partial charge on any atom is 0.191 e. The van der Waals surface area contributed by atoms with Crippen LogP contribution in [-0.2, 0) is 13.1 Å². The van der Waals surface area contributed by atoms with Gasteiger partial charge >= 0.3 is 0 Å². The van der Waals surface area contributed by atoms with Crippen molar-refractivity contribution in [1.82, 2.24) is 15.5 Å². The van der Waals surface area contributed by atoms with Crippen molar-refractivity contribution in [2.24, 2.45) is 4.99 Å². The molecule has 1 atom stereocenters. The number of halogens is 1. The summed E-state index contributed by atoms with van der Waals surface area (Å²) >= 11 is 0. The zero-order chi connectivity index (χ0) is 20.6. The maximum atomic E-state index is 4.84. The van der Waals surface area contributed by atoms with E-state index < -0.39 is 0 Å². The number of nitrogens with zero attached hydrogens (tertiary/aromatic N) is 3. The van der Waals surface area contributed by atoms with E-state index >= 15 is 0 Å². The quantitative estimate of drug-likeness (QED) is 0.329. The first kappa shape index (κ1) is 24.5. The number of aryl methyl sites for hydroxylation is 1. The predicted octanol–water partition coefficient (Wildman–Crippen LogP) is 4.01. The van der Waals surface area contributed by atoms with Crippen molar-refractivity contribution >= 4 is 35.6 Å². The van der Waals surface area contributed by atoms with Crippen LogP contribution in [-0.4, -0.2) is 50.6 Å². The molecule has 0 radical (unpaired) electrons. The van der Waals surface area contributed by atoms with E-state index in [1.807, 2.05) is 0 Å². The lowest BCUT2D eigenvalue weighted by molar-refractivity contribution is 0.402. The predicted molar refractivity (Wildman–Crippen MR) is 139 cm³/mol. The summed E-state index contributed by atoms with van der Waals surface area (Å²) in [4.78, 5) is 9.48. The fraction of sp³-hybridized carbons (Fsp3) is 0.458. The number of benzene rings is 2. The van der Waals surface area contributed by atoms with Crippen LogP contribution in [0, 0.1) is 6.92 Å². The number of guanidine groups is 1. The SMILES string of the molecule is CCNC(=NCc1cccc(CN(C)C)c1)NC1CCN(c2ccc(C)cc2)C1.I. The fourth-order valence-corrected chi connectivity index (χ4v) is 3.74. The number of hydrogen-bond donors (Lipinski definition) is 2. The molecule has 0 saturated carbocycles. The van der Waals surface area contributed by atoms with Gasteiger partial charge in [-0.1, -0.05) is 42.0 Å². The zero-order valence-electron chi connectivity index (χ0n) is 18.7. The van der Waals surface area contributed by atoms with Crippen molar-refractivity contribution < 1.29 is 0 Å². The van der Waals surface area contributed by atoms with Gasteiger partial charge in [-0.25, -0.2) is 4.99 Å². The molecule has 1 heterocycles. The molecule has 1 saturated heterocycles. The minimum Gasteiger partial charge on any atom is -0.369 e. The van der Waals surface area contributed by atoms with Crippen molar-refractivity contribution in [2.75, 3.05) is 38.6 Å². The topological polar surface area (TPSA) is 42.9 Å². The molecular weight excluding hydrogens is 485 g/mol. The smallest absolute Gasteiger partial charge is 0.191 e. The molecule has 3 rings (SSSR count). The first-order valence-electron chi connectivity index (χ1n) is 10.6. The molecule has 164 valence electrons. The first-order chi connectivity index (χ1) is 14.0. The van der Waals surface area contributed by atoms with Gasteiger partial charge in [0.25, 0.3) is 0 Å². The molecule has 5 nitrogen and oxygen atoms in total. The molecule has 0 amide bonds. The number of hydrogen-bond acceptors (Lipinski definition) is 3. The highest BCUT2D eigenvalue weighted by Crippen LogP contribution is 2.20. The summed E-state index contributed by atoms with van der Waals surface area (Å²) in [6, 6.07) is 17.9. The Morgan fingerprint density at radius 2 is 1.87 bits per heavy atom. The highest BCUT2D eigenvalue weighted by molar-refractivity contribution is 14.0. The van der Waals surface area contributed by atoms with E-state index in [2.05, 4.69) is 96.9 Å². The second kappa shape index (κ2) is 12.2. The van der Waals surface area contributed by atoms with Gasteiger partial charge < -0.3 is 20.4 Å². The van der Waals surface area contributed by atoms with E-state index in [0.717, 1.165) is 38.6 Å². The van der Waals surface area contributed by atoms with Gasteiger partial charge in [0.15, 0.2) is 5.96 Å². The fourth-order valence-electron chi connectivity index (χ4n) is 3.74. The second-order valence-electron chi connectivity index (χ2n) is 8.16. The number of rotatable bonds is 7. The molecule has 0 aromatic heterocycles. The van der Waals surface area contributed by atoms with Gasteiger partial charge in [0, 0.05) is 37.9 Å². The van der Waals surface area contributed by atoms with Gasteiger partial charge in [0.1, 0.15) is 0 Å². The molecule has 0 bridgehead atoms. The van der Waals surface area contributed by atoms with Crippen molar-refractivity contribution in [2.45, 2.75) is 39.4 Å². The summed E-state index contributed by atoms with van der Waals surface area (Å²) < 4.78 is 0. The van der Waals surface area contributed by atoms with Crippen LogP contribution in [0.15, 0.2) is 53.5 Å². The van der Waals surface area contributed by atoms with Crippen LogP contribution >= 0.6 is 24.0 Å². The van der Waals surface area contributed by atoms with Crippen molar-refractivity contribution in [3.05, 3.63) is 65.2 Å². The molecular formula is C24H36IN5. The maximum absolute atomic E-state index is 4.84. The molecule has 1 aliphatic heterocycles. The third-order valence-electron chi connectivity index (χ3n) is 5.18. The van der Waals surface area contributed by atoms with Gasteiger partial charge in [-0.3, -0.25) is 0 Å². The zero-order valence-corrected chi connectivity index (χ0v) is 21.0. The lowest BCUT2D eigenvalue weighted by Gasteiger charge is -2.20. The summed E-state index contributed by atoms with van der Waals surface area (Å²) in [6.07, 6.45) is 1.12. The largest absolute Gasteiger partial charge is 0.369 e. The van der Waals surface area contributed by atoms with Crippen LogP contribution in [0.5, 0.6) is 0 Å². The molecule has 0 aliphatic carbocycles. The summed E-state index contributed by atoms with van der Waals surface area (Å²) in [6.45, 7) is 8.83. The van der Waals surface area contributed by atoms with Crippen molar-refractivity contribution in [3.63, 3.8) is 0 Å². The average Bonchev–Trinajstić information content (AvgIpc) is 3.15. The monoisotopic (exact) mass is 521 g/mol. The highest BCUT2D eigenvalue weighted by Gasteiger charge is 2.23. The molecule has 1 aliphatic rings. The van der Waals surface area contributed by atoms with Crippen LogP contribution in [0.2, 0.25) is 0 Å². The minimum absolute atomic E-state index is 0. The van der Waals surface area contributed by atoms with Gasteiger partial charge in [-0.2, -0.15) is 0 Å². The summed E-state index contributed by atoms with van der Waals surface area (Å²) in [5.74, 6) is 0.904. The van der Waals surface area contributed by atoms with E-state index in [1.54, 1.807) is 0 Å². The first-order valence-corrected chi connectivity index (χ1v) is 10.6. The Bertz CT molecular complexity index is 803. The molecule has 2 aromatic rings. The van der Waals surface area contributed by atoms with Crippen molar-refractivity contribution in [1.29, 1.82) is 0 Å². The second-order valence-corrected chi connectivity index (χ2v) is 8.16. The van der Waals surface area contributed by atoms with E-state index in [9.17, 15) is 0 Å². The summed E-state index contributed by atoms with van der Waals surface area (Å²) in [7, 11) is 4.19. The van der Waals surface area contributed by atoms with Gasteiger partial charge in [0.2, 0.25) is 0 Å². The van der Waals surface area contributed by atoms with Gasteiger partial charge in [0.05, 0.1) is 6.54 Å². The molecule has 2 N–H and O–H groups in total. The molecule has 0 spiro atoms. The van der Waals surface area contributed by atoms with E-state index in [-0.39, 0.29) is 24.0 Å². The van der Waals surface area contributed by atoms with Crippen molar-refractivity contribution in [3.8, 4) is 0 Å². The molecule has 2 aromatic carbocycles. The third-order valence-corrected chi connectivity index (χ3v) is 5.18. The Labute approximate surface area is 199 Å². The number of aliphatic imine (C=N–C) groups is 1. The normalized spacial score (nSPS) is 16.5. The Hall–Kier alpha value is -1.80. The lowest BCUT2D eigenvalue weighted by Crippen LogP contribution is -2.44. The van der Waals surface area contributed by atoms with Gasteiger partial charge in [-0.05, 0) is 57.6 Å². The van der Waals surface area contributed by atoms with E-state index in [0.29, 0.717) is 12.6 Å². The Morgan fingerprint density at radius 1 is 1.13 bits per heavy atom. The highest BCUT2D eigenvalue weighted by atomic mass is 127. The molecule has 1 unspecified atom stereocenters. The van der Waals surface area contributed by atoms with E-state index in [1.165, 1.54) is 22.4 Å². The molecule has 30 heavy (non-hydrogen) atoms. The van der Waals surface area contributed by atoms with E-state index in [4.69, 9.17) is 4.99 Å². The standard InChI is InChI=1S/C24H35N5.HI/c1-5-25-24(26-16-20-7-6-8-21(15-20)17-28(3)4)27-22-13-14-29(18-22)23-11-9-19(2)10-12-23;/h6-12,15,22H,5,13-14,16-18H2,1-4H3,(H2,25,26,27);1H. The van der Waals surface area contributed by atoms with Crippen LogP contribution in [0.4, 0.5) is 5.69 Å². The molecule has 6 heteroatoms. The van der Waals surface area contributed by atoms with Gasteiger partial charge in [-0.15, -0.1) is 24.0 Å². The van der Waals surface area contributed by atoms with Crippen LogP contribution < -0.4 is 15.5 Å². The van der Waals surface area contributed by atoms with Crippen LogP contribution in [0.25, 0.3) is 0 Å². The minimum atomic E-state index is 0. The number of anilines is 1. The molecule has 1 fully saturated rings.